The van der Waals surface area contributed by atoms with E-state index in [-0.39, 0.29) is 11.8 Å². The van der Waals surface area contributed by atoms with Crippen LogP contribution in [0.1, 0.15) is 10.6 Å². The Kier molecular flexibility index (Phi) is 3.69. The Bertz CT molecular complexity index is 785. The number of benzene rings is 2. The van der Waals surface area contributed by atoms with Crippen LogP contribution in [0, 0.1) is 0 Å². The van der Waals surface area contributed by atoms with Gasteiger partial charge in [-0.15, -0.1) is 5.10 Å². The number of hydrogen-bond donors (Lipinski definition) is 3. The van der Waals surface area contributed by atoms with Crippen LogP contribution >= 0.6 is 0 Å². The summed E-state index contributed by atoms with van der Waals surface area (Å²) >= 11 is 0. The molecule has 7 heteroatoms. The van der Waals surface area contributed by atoms with E-state index < -0.39 is 5.91 Å². The van der Waals surface area contributed by atoms with Gasteiger partial charge in [-0.1, -0.05) is 30.3 Å². The number of amides is 1. The predicted molar refractivity (Wildman–Crippen MR) is 81.7 cm³/mol. The molecular formula is C15H13N5O2. The molecule has 0 bridgehead atoms. The van der Waals surface area contributed by atoms with Crippen LogP contribution in [0.25, 0.3) is 0 Å². The van der Waals surface area contributed by atoms with Crippen molar-refractivity contribution < 1.29 is 9.53 Å². The molecule has 3 aromatic rings. The van der Waals surface area contributed by atoms with Gasteiger partial charge in [-0.05, 0) is 24.3 Å². The molecular weight excluding hydrogens is 282 g/mol. The third kappa shape index (κ3) is 3.04. The fourth-order valence-corrected chi connectivity index (χ4v) is 1.83. The molecule has 0 radical (unpaired) electrons. The summed E-state index contributed by atoms with van der Waals surface area (Å²) in [5.41, 5.74) is 5.90. The molecule has 0 aliphatic rings. The van der Waals surface area contributed by atoms with E-state index in [0.29, 0.717) is 17.2 Å². The number of anilines is 2. The molecule has 1 aromatic heterocycles. The summed E-state index contributed by atoms with van der Waals surface area (Å²) < 4.78 is 5.77. The van der Waals surface area contributed by atoms with Crippen molar-refractivity contribution in [2.45, 2.75) is 0 Å². The van der Waals surface area contributed by atoms with Crippen molar-refractivity contribution in [3.63, 3.8) is 0 Å². The van der Waals surface area contributed by atoms with E-state index in [1.165, 1.54) is 0 Å². The van der Waals surface area contributed by atoms with Crippen molar-refractivity contribution >= 4 is 17.5 Å². The lowest BCUT2D eigenvalue weighted by Gasteiger charge is -2.11. The van der Waals surface area contributed by atoms with Crippen LogP contribution < -0.4 is 15.8 Å². The highest BCUT2D eigenvalue weighted by atomic mass is 16.5. The number of nitrogen functional groups attached to an aromatic ring is 1. The van der Waals surface area contributed by atoms with Crippen molar-refractivity contribution in [2.24, 2.45) is 0 Å². The number of hydrogen-bond acceptors (Lipinski definition) is 5. The van der Waals surface area contributed by atoms with Crippen LogP contribution in [0.4, 0.5) is 11.6 Å². The first-order valence-corrected chi connectivity index (χ1v) is 6.53. The van der Waals surface area contributed by atoms with Crippen LogP contribution in [0.5, 0.6) is 11.5 Å². The maximum atomic E-state index is 12.1. The van der Waals surface area contributed by atoms with Gasteiger partial charge in [0.2, 0.25) is 11.8 Å². The van der Waals surface area contributed by atoms with Gasteiger partial charge in [0.15, 0.2) is 5.75 Å². The van der Waals surface area contributed by atoms with Crippen molar-refractivity contribution in [3.8, 4) is 11.5 Å². The van der Waals surface area contributed by atoms with Crippen LogP contribution in [0.3, 0.4) is 0 Å². The van der Waals surface area contributed by atoms with Gasteiger partial charge in [-0.3, -0.25) is 9.89 Å². The topological polar surface area (TPSA) is 106 Å². The summed E-state index contributed by atoms with van der Waals surface area (Å²) in [5.74, 6) is 0.793. The fourth-order valence-electron chi connectivity index (χ4n) is 1.83. The Labute approximate surface area is 126 Å². The second kappa shape index (κ2) is 5.96. The van der Waals surface area contributed by atoms with E-state index in [4.69, 9.17) is 10.5 Å². The van der Waals surface area contributed by atoms with Gasteiger partial charge < -0.3 is 15.8 Å². The van der Waals surface area contributed by atoms with Gasteiger partial charge >= 0.3 is 0 Å². The molecule has 110 valence electrons. The SMILES string of the molecule is Nc1n[nH]c(C(=O)Nc2ccccc2Oc2ccccc2)n1. The molecule has 7 nitrogen and oxygen atoms in total. The molecule has 0 aliphatic carbocycles. The normalized spacial score (nSPS) is 10.2. The minimum Gasteiger partial charge on any atom is -0.455 e. The van der Waals surface area contributed by atoms with Gasteiger partial charge in [0.25, 0.3) is 5.91 Å². The molecule has 0 aliphatic heterocycles. The lowest BCUT2D eigenvalue weighted by Crippen LogP contribution is -2.14. The third-order valence-electron chi connectivity index (χ3n) is 2.82. The average molecular weight is 295 g/mol. The van der Waals surface area contributed by atoms with E-state index in [2.05, 4.69) is 20.5 Å². The second-order valence-corrected chi connectivity index (χ2v) is 4.41. The number of aromatic nitrogens is 3. The Balaban J connectivity index is 1.81. The summed E-state index contributed by atoms with van der Waals surface area (Å²) in [7, 11) is 0. The molecule has 0 spiro atoms. The lowest BCUT2D eigenvalue weighted by atomic mass is 10.3. The minimum atomic E-state index is -0.451. The average Bonchev–Trinajstić information content (AvgIpc) is 2.97. The molecule has 22 heavy (non-hydrogen) atoms. The smallest absolute Gasteiger partial charge is 0.293 e. The largest absolute Gasteiger partial charge is 0.455 e. The number of ether oxygens (including phenoxy) is 1. The number of rotatable bonds is 4. The fraction of sp³-hybridized carbons (Fsp3) is 0. The van der Waals surface area contributed by atoms with Crippen LogP contribution in [0.15, 0.2) is 54.6 Å². The first kappa shape index (κ1) is 13.6. The van der Waals surface area contributed by atoms with Crippen LogP contribution in [-0.4, -0.2) is 21.1 Å². The van der Waals surface area contributed by atoms with Gasteiger partial charge in [-0.2, -0.15) is 4.98 Å². The number of carbonyl (C=O) groups is 1. The van der Waals surface area contributed by atoms with Crippen molar-refractivity contribution in [1.82, 2.24) is 15.2 Å². The standard InChI is InChI=1S/C15H13N5O2/c16-15-18-13(19-20-15)14(21)17-11-8-4-5-9-12(11)22-10-6-2-1-3-7-10/h1-9H,(H,17,21)(H3,16,18,19,20). The Hall–Kier alpha value is -3.35. The number of nitrogens with two attached hydrogens (primary N) is 1. The molecule has 1 heterocycles. The number of para-hydroxylation sites is 3. The van der Waals surface area contributed by atoms with E-state index in [9.17, 15) is 4.79 Å². The lowest BCUT2D eigenvalue weighted by molar-refractivity contribution is 0.101. The van der Waals surface area contributed by atoms with Gasteiger partial charge in [-0.25, -0.2) is 0 Å². The van der Waals surface area contributed by atoms with Crippen LogP contribution in [-0.2, 0) is 0 Å². The van der Waals surface area contributed by atoms with Gasteiger partial charge in [0, 0.05) is 0 Å². The molecule has 1 amide bonds. The monoisotopic (exact) mass is 295 g/mol. The predicted octanol–water partition coefficient (Wildman–Crippen LogP) is 2.43. The molecule has 3 rings (SSSR count). The number of H-pyrrole nitrogens is 1. The zero-order valence-electron chi connectivity index (χ0n) is 11.5. The van der Waals surface area contributed by atoms with E-state index in [1.807, 2.05) is 36.4 Å². The Morgan fingerprint density at radius 3 is 2.55 bits per heavy atom. The Morgan fingerprint density at radius 2 is 1.82 bits per heavy atom. The first-order valence-electron chi connectivity index (χ1n) is 6.53. The Morgan fingerprint density at radius 1 is 1.09 bits per heavy atom. The number of nitrogens with one attached hydrogen (secondary N) is 2. The molecule has 0 saturated carbocycles. The van der Waals surface area contributed by atoms with E-state index in [1.54, 1.807) is 18.2 Å². The molecule has 4 N–H and O–H groups in total. The number of aromatic amines is 1. The molecule has 0 fully saturated rings. The van der Waals surface area contributed by atoms with Crippen molar-refractivity contribution in [3.05, 3.63) is 60.4 Å². The summed E-state index contributed by atoms with van der Waals surface area (Å²) in [4.78, 5) is 15.9. The van der Waals surface area contributed by atoms with Crippen molar-refractivity contribution in [2.75, 3.05) is 11.1 Å². The third-order valence-corrected chi connectivity index (χ3v) is 2.82. The molecule has 0 atom stereocenters. The summed E-state index contributed by atoms with van der Waals surface area (Å²) in [6.45, 7) is 0. The van der Waals surface area contributed by atoms with Gasteiger partial charge in [0.1, 0.15) is 5.75 Å². The molecule has 0 saturated heterocycles. The highest BCUT2D eigenvalue weighted by molar-refractivity contribution is 6.02. The molecule has 2 aromatic carbocycles. The quantitative estimate of drug-likeness (QED) is 0.685. The maximum absolute atomic E-state index is 12.1. The number of carbonyl (C=O) groups excluding carboxylic acids is 1. The number of nitrogens with zero attached hydrogens (tertiary/aromatic N) is 2. The maximum Gasteiger partial charge on any atom is 0.293 e. The summed E-state index contributed by atoms with van der Waals surface area (Å²) in [6, 6.07) is 16.4. The zero-order valence-corrected chi connectivity index (χ0v) is 11.5. The van der Waals surface area contributed by atoms with Crippen LogP contribution in [0.2, 0.25) is 0 Å². The highest BCUT2D eigenvalue weighted by Gasteiger charge is 2.13. The second-order valence-electron chi connectivity index (χ2n) is 4.41. The van der Waals surface area contributed by atoms with Crippen molar-refractivity contribution in [1.29, 1.82) is 0 Å². The summed E-state index contributed by atoms with van der Waals surface area (Å²) in [5, 5.41) is 8.78. The molecule has 0 unspecified atom stereocenters. The zero-order chi connectivity index (χ0) is 15.4. The first-order chi connectivity index (χ1) is 10.7. The summed E-state index contributed by atoms with van der Waals surface area (Å²) in [6.07, 6.45) is 0. The highest BCUT2D eigenvalue weighted by Crippen LogP contribution is 2.29. The van der Waals surface area contributed by atoms with E-state index >= 15 is 0 Å². The van der Waals surface area contributed by atoms with E-state index in [0.717, 1.165) is 0 Å². The minimum absolute atomic E-state index is 0.0129. The van der Waals surface area contributed by atoms with Gasteiger partial charge in [0.05, 0.1) is 5.69 Å².